The second-order valence-electron chi connectivity index (χ2n) is 6.18. The fourth-order valence-corrected chi connectivity index (χ4v) is 3.05. The summed E-state index contributed by atoms with van der Waals surface area (Å²) >= 11 is 0. The number of benzene rings is 1. The summed E-state index contributed by atoms with van der Waals surface area (Å²) in [5.74, 6) is 1.47. The maximum absolute atomic E-state index is 12.7. The van der Waals surface area contributed by atoms with Crippen LogP contribution in [0.5, 0.6) is 0 Å². The molecule has 2 aromatic rings. The zero-order valence-corrected chi connectivity index (χ0v) is 13.0. The van der Waals surface area contributed by atoms with Gasteiger partial charge in [0.15, 0.2) is 5.82 Å². The molecule has 0 saturated carbocycles. The van der Waals surface area contributed by atoms with Crippen molar-refractivity contribution in [2.24, 2.45) is 0 Å². The molecule has 2 fully saturated rings. The van der Waals surface area contributed by atoms with E-state index in [9.17, 15) is 4.79 Å². The minimum Gasteiger partial charge on any atom is -0.369 e. The van der Waals surface area contributed by atoms with Gasteiger partial charge in [0.1, 0.15) is 11.4 Å². The quantitative estimate of drug-likeness (QED) is 0.848. The molecule has 2 aliphatic heterocycles. The Morgan fingerprint density at radius 1 is 1.30 bits per heavy atom. The van der Waals surface area contributed by atoms with Crippen molar-refractivity contribution in [1.29, 1.82) is 0 Å². The number of nitrogens with one attached hydrogen (secondary N) is 2. The average molecular weight is 313 g/mol. The smallest absolute Gasteiger partial charge is 0.254 e. The summed E-state index contributed by atoms with van der Waals surface area (Å²) in [7, 11) is 0. The number of ether oxygens (including phenoxy) is 1. The number of aromatic amines is 1. The van der Waals surface area contributed by atoms with Gasteiger partial charge in [-0.2, -0.15) is 5.10 Å². The lowest BCUT2D eigenvalue weighted by Crippen LogP contribution is -2.69. The van der Waals surface area contributed by atoms with Gasteiger partial charge in [-0.3, -0.25) is 9.89 Å². The Balaban J connectivity index is 1.50. The van der Waals surface area contributed by atoms with E-state index in [4.69, 9.17) is 4.74 Å². The molecule has 0 atom stereocenters. The molecule has 1 aromatic heterocycles. The fourth-order valence-electron chi connectivity index (χ4n) is 3.05. The zero-order chi connectivity index (χ0) is 15.9. The normalized spacial score (nSPS) is 19.6. The lowest BCUT2D eigenvalue weighted by atomic mass is 9.94. The number of amides is 1. The SMILES string of the molecule is Cc1nc(-c2ccc(C(=O)N3CCOC4(CNC4)C3)cc2)n[nH]1. The molecule has 2 saturated heterocycles. The van der Waals surface area contributed by atoms with Crippen LogP contribution in [0, 0.1) is 6.92 Å². The van der Waals surface area contributed by atoms with Crippen molar-refractivity contribution in [2.45, 2.75) is 12.5 Å². The summed E-state index contributed by atoms with van der Waals surface area (Å²) in [6, 6.07) is 7.45. The van der Waals surface area contributed by atoms with Gasteiger partial charge in [-0.25, -0.2) is 4.98 Å². The summed E-state index contributed by atoms with van der Waals surface area (Å²) in [5, 5.41) is 10.2. The summed E-state index contributed by atoms with van der Waals surface area (Å²) in [6.07, 6.45) is 0. The number of hydrogen-bond donors (Lipinski definition) is 2. The minimum absolute atomic E-state index is 0.0530. The van der Waals surface area contributed by atoms with Crippen LogP contribution in [-0.4, -0.2) is 64.4 Å². The Kier molecular flexibility index (Phi) is 3.39. The van der Waals surface area contributed by atoms with Gasteiger partial charge in [0.2, 0.25) is 0 Å². The molecule has 1 amide bonds. The van der Waals surface area contributed by atoms with E-state index in [1.165, 1.54) is 0 Å². The van der Waals surface area contributed by atoms with Gasteiger partial charge < -0.3 is 15.0 Å². The van der Waals surface area contributed by atoms with E-state index in [1.807, 2.05) is 36.1 Å². The Bertz CT molecular complexity index is 720. The number of morpholine rings is 1. The number of hydrogen-bond acceptors (Lipinski definition) is 5. The van der Waals surface area contributed by atoms with Crippen LogP contribution in [0.4, 0.5) is 0 Å². The molecule has 0 unspecified atom stereocenters. The molecule has 1 aromatic carbocycles. The van der Waals surface area contributed by atoms with Gasteiger partial charge >= 0.3 is 0 Å². The molecule has 0 radical (unpaired) electrons. The van der Waals surface area contributed by atoms with E-state index in [-0.39, 0.29) is 11.5 Å². The number of aryl methyl sites for hydroxylation is 1. The summed E-state index contributed by atoms with van der Waals surface area (Å²) in [5.41, 5.74) is 1.41. The first kappa shape index (κ1) is 14.3. The lowest BCUT2D eigenvalue weighted by molar-refractivity contribution is -0.126. The number of carbonyl (C=O) groups is 1. The number of aromatic nitrogens is 3. The van der Waals surface area contributed by atoms with Crippen LogP contribution in [0.15, 0.2) is 24.3 Å². The molecule has 0 bridgehead atoms. The van der Waals surface area contributed by atoms with Crippen LogP contribution in [0.3, 0.4) is 0 Å². The van der Waals surface area contributed by atoms with Gasteiger partial charge in [-0.1, -0.05) is 12.1 Å². The average Bonchev–Trinajstić information content (AvgIpc) is 2.99. The molecule has 1 spiro atoms. The van der Waals surface area contributed by atoms with E-state index in [0.717, 1.165) is 24.5 Å². The van der Waals surface area contributed by atoms with Crippen LogP contribution >= 0.6 is 0 Å². The van der Waals surface area contributed by atoms with Crippen LogP contribution in [0.1, 0.15) is 16.2 Å². The standard InChI is InChI=1S/C16H19N5O2/c1-11-18-14(20-19-11)12-2-4-13(5-3-12)15(22)21-6-7-23-16(10-21)8-17-9-16/h2-5,17H,6-10H2,1H3,(H,18,19,20). The second-order valence-corrected chi connectivity index (χ2v) is 6.18. The van der Waals surface area contributed by atoms with Gasteiger partial charge in [0.05, 0.1) is 13.2 Å². The van der Waals surface area contributed by atoms with Gasteiger partial charge in [0.25, 0.3) is 5.91 Å². The first-order valence-electron chi connectivity index (χ1n) is 7.79. The molecule has 7 heteroatoms. The van der Waals surface area contributed by atoms with Crippen LogP contribution in [0.25, 0.3) is 11.4 Å². The first-order valence-corrected chi connectivity index (χ1v) is 7.79. The number of nitrogens with zero attached hydrogens (tertiary/aromatic N) is 3. The van der Waals surface area contributed by atoms with Crippen molar-refractivity contribution in [3.63, 3.8) is 0 Å². The van der Waals surface area contributed by atoms with Crippen molar-refractivity contribution < 1.29 is 9.53 Å². The molecule has 2 N–H and O–H groups in total. The van der Waals surface area contributed by atoms with Crippen LogP contribution < -0.4 is 5.32 Å². The van der Waals surface area contributed by atoms with E-state index in [1.54, 1.807) is 0 Å². The predicted octanol–water partition coefficient (Wildman–Crippen LogP) is 0.595. The third kappa shape index (κ3) is 2.62. The number of carbonyl (C=O) groups excluding carboxylic acids is 1. The number of rotatable bonds is 2. The minimum atomic E-state index is -0.176. The van der Waals surface area contributed by atoms with Crippen molar-refractivity contribution in [1.82, 2.24) is 25.4 Å². The fraction of sp³-hybridized carbons (Fsp3) is 0.438. The monoisotopic (exact) mass is 313 g/mol. The Morgan fingerprint density at radius 3 is 2.70 bits per heavy atom. The van der Waals surface area contributed by atoms with Crippen LogP contribution in [0.2, 0.25) is 0 Å². The van der Waals surface area contributed by atoms with E-state index >= 15 is 0 Å². The molecule has 0 aliphatic carbocycles. The maximum Gasteiger partial charge on any atom is 0.254 e. The Labute approximate surface area is 134 Å². The van der Waals surface area contributed by atoms with E-state index < -0.39 is 0 Å². The molecular formula is C16H19N5O2. The third-order valence-corrected chi connectivity index (χ3v) is 4.42. The third-order valence-electron chi connectivity index (χ3n) is 4.42. The molecule has 23 heavy (non-hydrogen) atoms. The first-order chi connectivity index (χ1) is 11.2. The molecular weight excluding hydrogens is 294 g/mol. The molecule has 4 rings (SSSR count). The van der Waals surface area contributed by atoms with Crippen LogP contribution in [-0.2, 0) is 4.74 Å². The Morgan fingerprint density at radius 2 is 2.09 bits per heavy atom. The highest BCUT2D eigenvalue weighted by Crippen LogP contribution is 2.24. The van der Waals surface area contributed by atoms with Gasteiger partial charge in [0, 0.05) is 30.8 Å². The molecule has 3 heterocycles. The molecule has 120 valence electrons. The van der Waals surface area contributed by atoms with E-state index in [2.05, 4.69) is 20.5 Å². The highest BCUT2D eigenvalue weighted by molar-refractivity contribution is 5.94. The zero-order valence-electron chi connectivity index (χ0n) is 13.0. The largest absolute Gasteiger partial charge is 0.369 e. The Hall–Kier alpha value is -2.25. The predicted molar refractivity (Wildman–Crippen MR) is 84.0 cm³/mol. The summed E-state index contributed by atoms with van der Waals surface area (Å²) in [6.45, 7) is 5.39. The lowest BCUT2D eigenvalue weighted by Gasteiger charge is -2.48. The summed E-state index contributed by atoms with van der Waals surface area (Å²) in [4.78, 5) is 18.9. The van der Waals surface area contributed by atoms with Gasteiger partial charge in [-0.15, -0.1) is 0 Å². The maximum atomic E-state index is 12.7. The topological polar surface area (TPSA) is 83.1 Å². The van der Waals surface area contributed by atoms with Crippen molar-refractivity contribution in [3.05, 3.63) is 35.7 Å². The van der Waals surface area contributed by atoms with E-state index in [0.29, 0.717) is 31.1 Å². The van der Waals surface area contributed by atoms with Gasteiger partial charge in [-0.05, 0) is 19.1 Å². The molecule has 7 nitrogen and oxygen atoms in total. The van der Waals surface area contributed by atoms with Crippen molar-refractivity contribution >= 4 is 5.91 Å². The highest BCUT2D eigenvalue weighted by atomic mass is 16.5. The van der Waals surface area contributed by atoms with Crippen molar-refractivity contribution in [3.8, 4) is 11.4 Å². The summed E-state index contributed by atoms with van der Waals surface area (Å²) < 4.78 is 5.82. The second kappa shape index (κ2) is 5.43. The highest BCUT2D eigenvalue weighted by Gasteiger charge is 2.43. The number of H-pyrrole nitrogens is 1. The molecule has 2 aliphatic rings. The van der Waals surface area contributed by atoms with Crippen molar-refractivity contribution in [2.75, 3.05) is 32.8 Å².